The number of ether oxygens (including phenoxy) is 2. The summed E-state index contributed by atoms with van der Waals surface area (Å²) in [4.78, 5) is 11.2. The van der Waals surface area contributed by atoms with Gasteiger partial charge in [-0.25, -0.2) is 9.18 Å². The van der Waals surface area contributed by atoms with Crippen molar-refractivity contribution in [3.63, 3.8) is 0 Å². The number of anilines is 1. The van der Waals surface area contributed by atoms with Gasteiger partial charge in [-0.05, 0) is 19.1 Å². The first-order valence-electron chi connectivity index (χ1n) is 6.26. The molecule has 1 aliphatic rings. The van der Waals surface area contributed by atoms with Crippen molar-refractivity contribution >= 4 is 11.8 Å². The summed E-state index contributed by atoms with van der Waals surface area (Å²) in [6.07, 6.45) is -0.879. The predicted octanol–water partition coefficient (Wildman–Crippen LogP) is 2.05. The number of carbonyl (C=O) groups is 1. The second kappa shape index (κ2) is 6.49. The molecule has 5 nitrogen and oxygen atoms in total. The molecule has 0 bridgehead atoms. The summed E-state index contributed by atoms with van der Waals surface area (Å²) in [5.41, 5.74) is 0.852. The number of nitrogens with one attached hydrogen (secondary N) is 2. The van der Waals surface area contributed by atoms with Gasteiger partial charge >= 0.3 is 6.09 Å². The third-order valence-electron chi connectivity index (χ3n) is 2.80. The summed E-state index contributed by atoms with van der Waals surface area (Å²) in [5, 5.41) is 5.60. The van der Waals surface area contributed by atoms with E-state index < -0.39 is 11.9 Å². The Labute approximate surface area is 111 Å². The maximum atomic E-state index is 14.0. The van der Waals surface area contributed by atoms with E-state index in [4.69, 9.17) is 9.47 Å². The van der Waals surface area contributed by atoms with Crippen LogP contribution in [0.5, 0.6) is 0 Å². The van der Waals surface area contributed by atoms with E-state index in [0.29, 0.717) is 24.4 Å². The first-order valence-corrected chi connectivity index (χ1v) is 6.26. The summed E-state index contributed by atoms with van der Waals surface area (Å²) in [6, 6.07) is 4.52. The van der Waals surface area contributed by atoms with Gasteiger partial charge in [0.05, 0.1) is 19.3 Å². The number of amides is 1. The van der Waals surface area contributed by atoms with E-state index in [1.54, 1.807) is 19.1 Å². The Bertz CT molecular complexity index is 448. The lowest BCUT2D eigenvalue weighted by molar-refractivity contribution is 0.0255. The minimum Gasteiger partial charge on any atom is -0.450 e. The quantitative estimate of drug-likeness (QED) is 0.881. The van der Waals surface area contributed by atoms with Crippen LogP contribution in [0.3, 0.4) is 0 Å². The number of halogens is 1. The molecule has 0 aromatic heterocycles. The van der Waals surface area contributed by atoms with Gasteiger partial charge in [-0.15, -0.1) is 0 Å². The molecule has 1 amide bonds. The number of rotatable bonds is 3. The van der Waals surface area contributed by atoms with Crippen molar-refractivity contribution in [1.82, 2.24) is 5.32 Å². The van der Waals surface area contributed by atoms with E-state index in [1.165, 1.54) is 6.07 Å². The summed E-state index contributed by atoms with van der Waals surface area (Å²) >= 11 is 0. The minimum atomic E-state index is -0.592. The van der Waals surface area contributed by atoms with Crippen molar-refractivity contribution < 1.29 is 18.7 Å². The Morgan fingerprint density at radius 1 is 1.63 bits per heavy atom. The fraction of sp³-hybridized carbons (Fsp3) is 0.462. The molecule has 1 aromatic carbocycles. The average molecular weight is 268 g/mol. The molecule has 2 N–H and O–H groups in total. The van der Waals surface area contributed by atoms with Crippen molar-refractivity contribution in [2.45, 2.75) is 13.0 Å². The molecule has 0 saturated carbocycles. The number of hydrogen-bond donors (Lipinski definition) is 2. The van der Waals surface area contributed by atoms with E-state index in [0.717, 1.165) is 6.54 Å². The molecule has 1 saturated heterocycles. The predicted molar refractivity (Wildman–Crippen MR) is 68.6 cm³/mol. The summed E-state index contributed by atoms with van der Waals surface area (Å²) in [7, 11) is 0. The third kappa shape index (κ3) is 3.65. The Kier molecular flexibility index (Phi) is 4.70. The number of benzene rings is 1. The fourth-order valence-corrected chi connectivity index (χ4v) is 1.92. The maximum Gasteiger partial charge on any atom is 0.411 e. The number of morpholine rings is 1. The normalized spacial score (nSPS) is 18.9. The standard InChI is InChI=1S/C13H17FN2O3/c1-2-18-13(17)16-9-3-4-10(11(14)7-9)12-8-15-5-6-19-12/h3-4,7,12,15H,2,5-6,8H2,1H3,(H,16,17). The monoisotopic (exact) mass is 268 g/mol. The molecule has 0 radical (unpaired) electrons. The average Bonchev–Trinajstić information content (AvgIpc) is 2.40. The highest BCUT2D eigenvalue weighted by Gasteiger charge is 2.19. The Morgan fingerprint density at radius 2 is 2.47 bits per heavy atom. The van der Waals surface area contributed by atoms with E-state index in [2.05, 4.69) is 10.6 Å². The number of hydrogen-bond acceptors (Lipinski definition) is 4. The maximum absolute atomic E-state index is 14.0. The molecular weight excluding hydrogens is 251 g/mol. The molecule has 0 spiro atoms. The van der Waals surface area contributed by atoms with E-state index in [-0.39, 0.29) is 12.7 Å². The van der Waals surface area contributed by atoms with Crippen molar-refractivity contribution in [2.75, 3.05) is 31.6 Å². The van der Waals surface area contributed by atoms with Crippen molar-refractivity contribution in [2.24, 2.45) is 0 Å². The van der Waals surface area contributed by atoms with Gasteiger partial charge in [0.2, 0.25) is 0 Å². The van der Waals surface area contributed by atoms with Crippen LogP contribution in [-0.4, -0.2) is 32.4 Å². The molecule has 1 aliphatic heterocycles. The highest BCUT2D eigenvalue weighted by atomic mass is 19.1. The first kappa shape index (κ1) is 13.8. The molecule has 104 valence electrons. The Hall–Kier alpha value is -1.66. The van der Waals surface area contributed by atoms with Crippen molar-refractivity contribution in [3.05, 3.63) is 29.6 Å². The second-order valence-corrected chi connectivity index (χ2v) is 4.15. The van der Waals surface area contributed by atoms with Crippen LogP contribution < -0.4 is 10.6 Å². The molecule has 19 heavy (non-hydrogen) atoms. The third-order valence-corrected chi connectivity index (χ3v) is 2.80. The van der Waals surface area contributed by atoms with Crippen molar-refractivity contribution in [1.29, 1.82) is 0 Å². The van der Waals surface area contributed by atoms with E-state index in [1.807, 2.05) is 0 Å². The van der Waals surface area contributed by atoms with Crippen LogP contribution in [-0.2, 0) is 9.47 Å². The zero-order valence-electron chi connectivity index (χ0n) is 10.7. The Balaban J connectivity index is 2.06. The lowest BCUT2D eigenvalue weighted by atomic mass is 10.1. The zero-order chi connectivity index (χ0) is 13.7. The van der Waals surface area contributed by atoms with Gasteiger partial charge in [-0.2, -0.15) is 0 Å². The topological polar surface area (TPSA) is 59.6 Å². The zero-order valence-corrected chi connectivity index (χ0v) is 10.7. The summed E-state index contributed by atoms with van der Waals surface area (Å²) in [5.74, 6) is -0.400. The second-order valence-electron chi connectivity index (χ2n) is 4.15. The highest BCUT2D eigenvalue weighted by Crippen LogP contribution is 2.24. The largest absolute Gasteiger partial charge is 0.450 e. The smallest absolute Gasteiger partial charge is 0.411 e. The SMILES string of the molecule is CCOC(=O)Nc1ccc(C2CNCCO2)c(F)c1. The minimum absolute atomic E-state index is 0.272. The van der Waals surface area contributed by atoms with Crippen LogP contribution in [0, 0.1) is 5.82 Å². The summed E-state index contributed by atoms with van der Waals surface area (Å²) < 4.78 is 24.2. The van der Waals surface area contributed by atoms with Crippen LogP contribution in [0.15, 0.2) is 18.2 Å². The molecule has 1 atom stereocenters. The van der Waals surface area contributed by atoms with Crippen LogP contribution in [0.1, 0.15) is 18.6 Å². The fourth-order valence-electron chi connectivity index (χ4n) is 1.92. The van der Waals surface area contributed by atoms with Gasteiger partial charge in [-0.3, -0.25) is 5.32 Å². The highest BCUT2D eigenvalue weighted by molar-refractivity contribution is 5.84. The van der Waals surface area contributed by atoms with Gasteiger partial charge in [0, 0.05) is 24.3 Å². The molecule has 1 fully saturated rings. The van der Waals surface area contributed by atoms with Crippen LogP contribution in [0.25, 0.3) is 0 Å². The van der Waals surface area contributed by atoms with Gasteiger partial charge in [0.25, 0.3) is 0 Å². The van der Waals surface area contributed by atoms with Gasteiger partial charge in [0.1, 0.15) is 5.82 Å². The van der Waals surface area contributed by atoms with Gasteiger partial charge in [-0.1, -0.05) is 6.07 Å². The first-order chi connectivity index (χ1) is 9.20. The van der Waals surface area contributed by atoms with Crippen LogP contribution >= 0.6 is 0 Å². The molecular formula is C13H17FN2O3. The number of carbonyl (C=O) groups excluding carboxylic acids is 1. The molecule has 0 aliphatic carbocycles. The lowest BCUT2D eigenvalue weighted by Crippen LogP contribution is -2.33. The van der Waals surface area contributed by atoms with Crippen LogP contribution in [0.4, 0.5) is 14.9 Å². The molecule has 1 aromatic rings. The van der Waals surface area contributed by atoms with Crippen molar-refractivity contribution in [3.8, 4) is 0 Å². The summed E-state index contributed by atoms with van der Waals surface area (Å²) in [6.45, 7) is 3.90. The van der Waals surface area contributed by atoms with Gasteiger partial charge < -0.3 is 14.8 Å². The molecule has 6 heteroatoms. The molecule has 1 unspecified atom stereocenters. The van der Waals surface area contributed by atoms with Crippen LogP contribution in [0.2, 0.25) is 0 Å². The van der Waals surface area contributed by atoms with Gasteiger partial charge in [0.15, 0.2) is 0 Å². The molecule has 2 rings (SSSR count). The Morgan fingerprint density at radius 3 is 3.11 bits per heavy atom. The molecule has 1 heterocycles. The van der Waals surface area contributed by atoms with E-state index in [9.17, 15) is 9.18 Å². The lowest BCUT2D eigenvalue weighted by Gasteiger charge is -2.24. The van der Waals surface area contributed by atoms with E-state index >= 15 is 0 Å².